The lowest BCUT2D eigenvalue weighted by molar-refractivity contribution is -0.111. The number of nitrogens with one attached hydrogen (secondary N) is 1. The van der Waals surface area contributed by atoms with Gasteiger partial charge in [-0.05, 0) is 73.0 Å². The largest absolute Gasteiger partial charge is 0.436 e. The Labute approximate surface area is 173 Å². The van der Waals surface area contributed by atoms with Crippen LogP contribution in [0.2, 0.25) is 5.02 Å². The summed E-state index contributed by atoms with van der Waals surface area (Å²) < 4.78 is 5.90. The minimum absolute atomic E-state index is 0.214. The van der Waals surface area contributed by atoms with Gasteiger partial charge in [-0.25, -0.2) is 4.98 Å². The Kier molecular flexibility index (Phi) is 5.19. The van der Waals surface area contributed by atoms with Crippen LogP contribution in [0.15, 0.2) is 71.2 Å². The first-order valence-electron chi connectivity index (χ1n) is 9.21. The van der Waals surface area contributed by atoms with E-state index in [0.717, 1.165) is 33.4 Å². The second-order valence-electron chi connectivity index (χ2n) is 6.89. The van der Waals surface area contributed by atoms with E-state index in [1.807, 2.05) is 62.4 Å². The zero-order chi connectivity index (χ0) is 20.4. The summed E-state index contributed by atoms with van der Waals surface area (Å²) in [6, 6.07) is 18.9. The van der Waals surface area contributed by atoms with Crippen molar-refractivity contribution >= 4 is 40.4 Å². The molecule has 0 bridgehead atoms. The van der Waals surface area contributed by atoms with Crippen molar-refractivity contribution in [3.05, 3.63) is 88.5 Å². The van der Waals surface area contributed by atoms with Gasteiger partial charge in [0, 0.05) is 22.3 Å². The van der Waals surface area contributed by atoms with E-state index in [0.29, 0.717) is 16.6 Å². The van der Waals surface area contributed by atoms with Crippen molar-refractivity contribution in [1.29, 1.82) is 0 Å². The number of nitrogens with zero attached hydrogens (tertiary/aromatic N) is 1. The minimum atomic E-state index is -0.214. The number of carbonyl (C=O) groups excluding carboxylic acids is 1. The van der Waals surface area contributed by atoms with Crippen molar-refractivity contribution in [3.63, 3.8) is 0 Å². The highest BCUT2D eigenvalue weighted by Gasteiger charge is 2.11. The number of rotatable bonds is 4. The molecule has 0 radical (unpaired) electrons. The lowest BCUT2D eigenvalue weighted by atomic mass is 10.1. The van der Waals surface area contributed by atoms with Crippen LogP contribution in [0, 0.1) is 13.8 Å². The molecule has 0 aliphatic rings. The van der Waals surface area contributed by atoms with Gasteiger partial charge in [-0.2, -0.15) is 0 Å². The summed E-state index contributed by atoms with van der Waals surface area (Å²) in [6.45, 7) is 3.95. The number of amides is 1. The fourth-order valence-corrected chi connectivity index (χ4v) is 3.09. The smallest absolute Gasteiger partial charge is 0.248 e. The number of anilines is 1. The molecule has 4 aromatic rings. The molecule has 0 atom stereocenters. The van der Waals surface area contributed by atoms with Gasteiger partial charge in [0.25, 0.3) is 0 Å². The molecule has 0 saturated heterocycles. The van der Waals surface area contributed by atoms with Gasteiger partial charge in [0.15, 0.2) is 5.58 Å². The molecule has 3 aromatic carbocycles. The van der Waals surface area contributed by atoms with Crippen LogP contribution in [-0.4, -0.2) is 10.9 Å². The van der Waals surface area contributed by atoms with E-state index in [9.17, 15) is 4.79 Å². The first-order chi connectivity index (χ1) is 14.0. The maximum Gasteiger partial charge on any atom is 0.248 e. The molecule has 0 spiro atoms. The average molecular weight is 403 g/mol. The summed E-state index contributed by atoms with van der Waals surface area (Å²) in [6.07, 6.45) is 3.24. The van der Waals surface area contributed by atoms with E-state index in [1.54, 1.807) is 18.2 Å². The third-order valence-electron chi connectivity index (χ3n) is 4.58. The molecular weight excluding hydrogens is 384 g/mol. The monoisotopic (exact) mass is 402 g/mol. The molecule has 1 N–H and O–H groups in total. The van der Waals surface area contributed by atoms with Gasteiger partial charge in [0.1, 0.15) is 5.52 Å². The Bertz CT molecular complexity index is 1220. The fraction of sp³-hybridized carbons (Fsp3) is 0.0833. The number of aryl methyl sites for hydroxylation is 2. The molecule has 1 amide bonds. The number of halogens is 1. The second kappa shape index (κ2) is 7.94. The number of oxazole rings is 1. The molecule has 4 nitrogen and oxygen atoms in total. The number of hydrogen-bond donors (Lipinski definition) is 1. The molecule has 5 heteroatoms. The number of fused-ring (bicyclic) bond motifs is 1. The summed E-state index contributed by atoms with van der Waals surface area (Å²) in [7, 11) is 0. The van der Waals surface area contributed by atoms with Crippen molar-refractivity contribution in [2.24, 2.45) is 0 Å². The molecule has 29 heavy (non-hydrogen) atoms. The lowest BCUT2D eigenvalue weighted by Gasteiger charge is -2.08. The quantitative estimate of drug-likeness (QED) is 0.401. The molecule has 0 fully saturated rings. The zero-order valence-corrected chi connectivity index (χ0v) is 16.8. The Morgan fingerprint density at radius 3 is 2.62 bits per heavy atom. The molecule has 0 aliphatic heterocycles. The highest BCUT2D eigenvalue weighted by Crippen LogP contribution is 2.28. The van der Waals surface area contributed by atoms with E-state index in [-0.39, 0.29) is 5.91 Å². The SMILES string of the molecule is Cc1ccc2nc(-c3ccc(C)c(NC(=O)/C=C/c4ccc(Cl)cc4)c3)oc2c1. The fourth-order valence-electron chi connectivity index (χ4n) is 2.97. The summed E-state index contributed by atoms with van der Waals surface area (Å²) in [5.74, 6) is 0.311. The zero-order valence-electron chi connectivity index (χ0n) is 16.1. The molecule has 144 valence electrons. The third-order valence-corrected chi connectivity index (χ3v) is 4.84. The van der Waals surface area contributed by atoms with Gasteiger partial charge >= 0.3 is 0 Å². The minimum Gasteiger partial charge on any atom is -0.436 e. The van der Waals surface area contributed by atoms with Gasteiger partial charge in [-0.3, -0.25) is 4.79 Å². The van der Waals surface area contributed by atoms with E-state index in [2.05, 4.69) is 10.3 Å². The van der Waals surface area contributed by atoms with Crippen molar-refractivity contribution in [2.45, 2.75) is 13.8 Å². The van der Waals surface area contributed by atoms with E-state index >= 15 is 0 Å². The Morgan fingerprint density at radius 2 is 1.83 bits per heavy atom. The number of benzene rings is 3. The van der Waals surface area contributed by atoms with E-state index in [1.165, 1.54) is 6.08 Å². The van der Waals surface area contributed by atoms with Crippen LogP contribution in [0.4, 0.5) is 5.69 Å². The molecule has 0 aliphatic carbocycles. The van der Waals surface area contributed by atoms with Crippen LogP contribution in [0.1, 0.15) is 16.7 Å². The predicted molar refractivity (Wildman–Crippen MR) is 118 cm³/mol. The highest BCUT2D eigenvalue weighted by atomic mass is 35.5. The predicted octanol–water partition coefficient (Wildman–Crippen LogP) is 6.42. The maximum atomic E-state index is 12.4. The molecule has 0 unspecified atom stereocenters. The molecular formula is C24H19ClN2O2. The highest BCUT2D eigenvalue weighted by molar-refractivity contribution is 6.30. The number of hydrogen-bond acceptors (Lipinski definition) is 3. The Balaban J connectivity index is 1.56. The summed E-state index contributed by atoms with van der Waals surface area (Å²) >= 11 is 5.88. The average Bonchev–Trinajstić information content (AvgIpc) is 3.12. The van der Waals surface area contributed by atoms with Gasteiger partial charge in [0.2, 0.25) is 11.8 Å². The first-order valence-corrected chi connectivity index (χ1v) is 9.58. The number of carbonyl (C=O) groups is 1. The van der Waals surface area contributed by atoms with E-state index in [4.69, 9.17) is 16.0 Å². The summed E-state index contributed by atoms with van der Waals surface area (Å²) in [5, 5.41) is 3.58. The van der Waals surface area contributed by atoms with Crippen molar-refractivity contribution in [1.82, 2.24) is 4.98 Å². The lowest BCUT2D eigenvalue weighted by Crippen LogP contribution is -2.09. The summed E-state index contributed by atoms with van der Waals surface area (Å²) in [4.78, 5) is 16.9. The normalized spacial score (nSPS) is 11.3. The molecule has 0 saturated carbocycles. The van der Waals surface area contributed by atoms with Crippen molar-refractivity contribution < 1.29 is 9.21 Å². The Hall–Kier alpha value is -3.37. The van der Waals surface area contributed by atoms with Gasteiger partial charge < -0.3 is 9.73 Å². The first kappa shape index (κ1) is 19.0. The number of aromatic nitrogens is 1. The van der Waals surface area contributed by atoms with Gasteiger partial charge in [0.05, 0.1) is 0 Å². The van der Waals surface area contributed by atoms with Crippen LogP contribution < -0.4 is 5.32 Å². The van der Waals surface area contributed by atoms with Crippen LogP contribution in [0.3, 0.4) is 0 Å². The van der Waals surface area contributed by atoms with Crippen molar-refractivity contribution in [2.75, 3.05) is 5.32 Å². The Morgan fingerprint density at radius 1 is 1.03 bits per heavy atom. The summed E-state index contributed by atoms with van der Waals surface area (Å²) in [5.41, 5.74) is 6.04. The van der Waals surface area contributed by atoms with Crippen LogP contribution in [-0.2, 0) is 4.79 Å². The topological polar surface area (TPSA) is 55.1 Å². The standard InChI is InChI=1S/C24H19ClN2O2/c1-15-3-11-20-22(13-15)29-24(27-20)18-8-4-16(2)21(14-18)26-23(28)12-7-17-5-9-19(25)10-6-17/h3-14H,1-2H3,(H,26,28)/b12-7+. The second-order valence-corrected chi connectivity index (χ2v) is 7.33. The van der Waals surface area contributed by atoms with Crippen molar-refractivity contribution in [3.8, 4) is 11.5 Å². The molecule has 1 aromatic heterocycles. The van der Waals surface area contributed by atoms with Crippen LogP contribution >= 0.6 is 11.6 Å². The van der Waals surface area contributed by atoms with Crippen LogP contribution in [0.5, 0.6) is 0 Å². The third kappa shape index (κ3) is 4.39. The maximum absolute atomic E-state index is 12.4. The van der Waals surface area contributed by atoms with E-state index < -0.39 is 0 Å². The van der Waals surface area contributed by atoms with Crippen LogP contribution in [0.25, 0.3) is 28.6 Å². The molecule has 4 rings (SSSR count). The van der Waals surface area contributed by atoms with Gasteiger partial charge in [-0.15, -0.1) is 0 Å². The molecule has 1 heterocycles. The van der Waals surface area contributed by atoms with Gasteiger partial charge in [-0.1, -0.05) is 35.9 Å².